The number of ketones is 2. The van der Waals surface area contributed by atoms with E-state index >= 15 is 0 Å². The Morgan fingerprint density at radius 1 is 1.09 bits per heavy atom. The molecule has 3 atom stereocenters. The second-order valence-electron chi connectivity index (χ2n) is 12.6. The second kappa shape index (κ2) is 13.0. The van der Waals surface area contributed by atoms with Crippen LogP contribution in [-0.4, -0.2) is 72.4 Å². The summed E-state index contributed by atoms with van der Waals surface area (Å²) in [5, 5.41) is 5.33. The number of halogens is 1. The van der Waals surface area contributed by atoms with Gasteiger partial charge in [0.25, 0.3) is 0 Å². The molecule has 1 aromatic carbocycles. The number of pyridine rings is 1. The van der Waals surface area contributed by atoms with Gasteiger partial charge < -0.3 is 9.64 Å². The third-order valence-corrected chi connectivity index (χ3v) is 9.67. The highest BCUT2D eigenvalue weighted by Crippen LogP contribution is 2.60. The predicted molar refractivity (Wildman–Crippen MR) is 182 cm³/mol. The van der Waals surface area contributed by atoms with Gasteiger partial charge in [-0.15, -0.1) is 13.2 Å². The lowest BCUT2D eigenvalue weighted by atomic mass is 9.95. The van der Waals surface area contributed by atoms with Crippen molar-refractivity contribution in [1.82, 2.24) is 29.6 Å². The average molecular weight is 698 g/mol. The number of benzene rings is 1. The van der Waals surface area contributed by atoms with Crippen LogP contribution >= 0.6 is 15.9 Å². The number of aryl methyl sites for hydroxylation is 2. The van der Waals surface area contributed by atoms with Gasteiger partial charge in [0.2, 0.25) is 5.91 Å². The van der Waals surface area contributed by atoms with Gasteiger partial charge in [0, 0.05) is 41.7 Å². The van der Waals surface area contributed by atoms with Crippen molar-refractivity contribution in [3.8, 4) is 11.1 Å². The van der Waals surface area contributed by atoms with Gasteiger partial charge in [-0.05, 0) is 83.9 Å². The number of aromatic nitrogens is 5. The van der Waals surface area contributed by atoms with Crippen LogP contribution in [0.25, 0.3) is 22.0 Å². The van der Waals surface area contributed by atoms with E-state index in [4.69, 9.17) is 4.74 Å². The monoisotopic (exact) mass is 696 g/mol. The Morgan fingerprint density at radius 2 is 1.85 bits per heavy atom. The molecule has 1 saturated carbocycles. The highest BCUT2D eigenvalue weighted by Gasteiger charge is 2.67. The minimum Gasteiger partial charge on any atom is -0.377 e. The maximum atomic E-state index is 14.3. The molecule has 0 spiro atoms. The highest BCUT2D eigenvalue weighted by atomic mass is 79.9. The van der Waals surface area contributed by atoms with Crippen molar-refractivity contribution in [2.24, 2.45) is 5.41 Å². The van der Waals surface area contributed by atoms with Crippen LogP contribution in [0.4, 0.5) is 0 Å². The van der Waals surface area contributed by atoms with Crippen molar-refractivity contribution in [3.05, 3.63) is 94.9 Å². The van der Waals surface area contributed by atoms with E-state index in [2.05, 4.69) is 49.1 Å². The lowest BCUT2D eigenvalue weighted by molar-refractivity contribution is -0.139. The van der Waals surface area contributed by atoms with Crippen LogP contribution in [0.1, 0.15) is 52.9 Å². The van der Waals surface area contributed by atoms with Crippen molar-refractivity contribution in [2.45, 2.75) is 65.1 Å². The van der Waals surface area contributed by atoms with Crippen molar-refractivity contribution in [1.29, 1.82) is 0 Å². The smallest absolute Gasteiger partial charge is 0.245 e. The zero-order valence-electron chi connectivity index (χ0n) is 26.8. The summed E-state index contributed by atoms with van der Waals surface area (Å²) in [7, 11) is 0. The van der Waals surface area contributed by atoms with Crippen molar-refractivity contribution in [2.75, 3.05) is 13.2 Å². The number of amides is 1. The van der Waals surface area contributed by atoms with Crippen molar-refractivity contribution >= 4 is 44.3 Å². The number of likely N-dealkylation sites (tertiary alicyclic amines) is 1. The summed E-state index contributed by atoms with van der Waals surface area (Å²) in [6, 6.07) is 6.93. The molecule has 4 heterocycles. The summed E-state index contributed by atoms with van der Waals surface area (Å²) in [5.41, 5.74) is 4.79. The van der Waals surface area contributed by atoms with Crippen LogP contribution in [0.15, 0.2) is 66.6 Å². The Kier molecular flexibility index (Phi) is 9.04. The first-order chi connectivity index (χ1) is 22.5. The number of allylic oxidation sites excluding steroid dienone is 1. The van der Waals surface area contributed by atoms with Gasteiger partial charge in [-0.1, -0.05) is 18.2 Å². The van der Waals surface area contributed by atoms with E-state index in [9.17, 15) is 14.4 Å². The summed E-state index contributed by atoms with van der Waals surface area (Å²) in [4.78, 5) is 56.1. The van der Waals surface area contributed by atoms with Crippen LogP contribution in [-0.2, 0) is 33.7 Å². The van der Waals surface area contributed by atoms with Crippen molar-refractivity contribution in [3.63, 3.8) is 0 Å². The molecule has 0 N–H and O–H groups in total. The van der Waals surface area contributed by atoms with Gasteiger partial charge in [-0.2, -0.15) is 5.10 Å². The molecule has 4 aromatic rings. The molecule has 2 fully saturated rings. The molecule has 1 aliphatic carbocycles. The third-order valence-electron chi connectivity index (χ3n) is 9.23. The zero-order valence-corrected chi connectivity index (χ0v) is 28.4. The number of Topliss-reactive ketones (excluding diaryl/α,β-unsaturated/α-hetero) is 2. The zero-order chi connectivity index (χ0) is 33.5. The van der Waals surface area contributed by atoms with E-state index in [1.54, 1.807) is 34.1 Å². The lowest BCUT2D eigenvalue weighted by Crippen LogP contribution is -2.45. The Hall–Kier alpha value is -4.35. The molecule has 2 aliphatic rings. The largest absolute Gasteiger partial charge is 0.377 e. The van der Waals surface area contributed by atoms with E-state index in [1.165, 1.54) is 6.92 Å². The van der Waals surface area contributed by atoms with Crippen LogP contribution in [0.5, 0.6) is 0 Å². The first-order valence-corrected chi connectivity index (χ1v) is 16.4. The topological polar surface area (TPSA) is 120 Å². The number of carbonyl (C=O) groups is 3. The van der Waals surface area contributed by atoms with Crippen molar-refractivity contribution < 1.29 is 19.1 Å². The molecule has 1 aliphatic heterocycles. The number of hydrogen-bond donors (Lipinski definition) is 0. The Morgan fingerprint density at radius 3 is 2.55 bits per heavy atom. The summed E-state index contributed by atoms with van der Waals surface area (Å²) in [6.07, 6.45) is 8.87. The quantitative estimate of drug-likeness (QED) is 0.0770. The van der Waals surface area contributed by atoms with Gasteiger partial charge in [-0.25, -0.2) is 15.0 Å². The molecule has 1 saturated heterocycles. The van der Waals surface area contributed by atoms with E-state index in [0.717, 1.165) is 28.7 Å². The number of ether oxygens (including phenoxy) is 1. The van der Waals surface area contributed by atoms with E-state index in [0.29, 0.717) is 53.1 Å². The SMILES string of the molecule is C=CCOC[C@@]12C[C@@H](C(=O)Cc3nc(Br)ccc3C)N(C(=O)Cn3nc(C(C)=O)c4cc(-c5cnc(C)nc5)cc(CC=C)c43)[C@@H]1C2. The molecule has 11 heteroatoms. The molecular formula is C36H37BrN6O4. The maximum absolute atomic E-state index is 14.3. The average Bonchev–Trinajstić information content (AvgIpc) is 3.44. The summed E-state index contributed by atoms with van der Waals surface area (Å²) >= 11 is 3.41. The van der Waals surface area contributed by atoms with Gasteiger partial charge in [-0.3, -0.25) is 19.1 Å². The van der Waals surface area contributed by atoms with E-state index in [-0.39, 0.29) is 47.6 Å². The number of hydrogen-bond acceptors (Lipinski definition) is 8. The first kappa shape index (κ1) is 32.6. The standard InChI is InChI=1S/C36H37BrN6O4/c1-6-8-24-12-25(26-17-38-23(5)39-18-26)13-27-34(22(4)44)41-42(35(24)27)19-33(46)43-29(15-36(16-31(36)43)20-47-11-7-2)30(45)14-28-21(3)9-10-32(37)40-28/h6-7,9-10,12-13,17-18,29,31H,1-2,8,11,14-16,19-20H2,3-5H3/t29-,31+,36-/m0/s1. The fourth-order valence-corrected chi connectivity index (χ4v) is 7.18. The van der Waals surface area contributed by atoms with Gasteiger partial charge in [0.05, 0.1) is 36.9 Å². The molecule has 242 valence electrons. The van der Waals surface area contributed by atoms with Crippen LogP contribution < -0.4 is 0 Å². The molecule has 0 unspecified atom stereocenters. The molecule has 1 amide bonds. The molecule has 0 radical (unpaired) electrons. The molecule has 0 bridgehead atoms. The first-order valence-electron chi connectivity index (χ1n) is 15.6. The molecule has 3 aromatic heterocycles. The Balaban J connectivity index is 1.36. The molecule has 10 nitrogen and oxygen atoms in total. The number of rotatable bonds is 13. The normalized spacial score (nSPS) is 19.9. The Labute approximate surface area is 282 Å². The van der Waals surface area contributed by atoms with Gasteiger partial charge >= 0.3 is 0 Å². The third kappa shape index (κ3) is 6.34. The maximum Gasteiger partial charge on any atom is 0.245 e. The van der Waals surface area contributed by atoms with E-state index in [1.807, 2.05) is 38.1 Å². The summed E-state index contributed by atoms with van der Waals surface area (Å²) in [5.74, 6) is 0.158. The molecule has 47 heavy (non-hydrogen) atoms. The fraction of sp³-hybridized carbons (Fsp3) is 0.361. The number of fused-ring (bicyclic) bond motifs is 2. The highest BCUT2D eigenvalue weighted by molar-refractivity contribution is 9.10. The summed E-state index contributed by atoms with van der Waals surface area (Å²) < 4.78 is 8.13. The number of nitrogens with zero attached hydrogens (tertiary/aromatic N) is 6. The van der Waals surface area contributed by atoms with Gasteiger partial charge in [0.15, 0.2) is 11.6 Å². The molecular weight excluding hydrogens is 660 g/mol. The predicted octanol–water partition coefficient (Wildman–Crippen LogP) is 5.57. The van der Waals surface area contributed by atoms with Crippen LogP contribution in [0, 0.1) is 19.3 Å². The molecule has 6 rings (SSSR count). The second-order valence-corrected chi connectivity index (χ2v) is 13.4. The fourth-order valence-electron chi connectivity index (χ4n) is 6.83. The van der Waals surface area contributed by atoms with Gasteiger partial charge in [0.1, 0.15) is 22.7 Å². The van der Waals surface area contributed by atoms with E-state index < -0.39 is 6.04 Å². The minimum atomic E-state index is -0.622. The number of piperidine rings is 1. The van der Waals surface area contributed by atoms with Crippen LogP contribution in [0.2, 0.25) is 0 Å². The number of carbonyl (C=O) groups excluding carboxylic acids is 3. The lowest BCUT2D eigenvalue weighted by Gasteiger charge is -2.27. The minimum absolute atomic E-state index is 0.0607. The Bertz CT molecular complexity index is 1920. The van der Waals surface area contributed by atoms with Crippen LogP contribution in [0.3, 0.4) is 0 Å². The summed E-state index contributed by atoms with van der Waals surface area (Å²) in [6.45, 7) is 13.6.